The Morgan fingerprint density at radius 1 is 1.33 bits per heavy atom. The maximum absolute atomic E-state index is 12.6. The second-order valence-electron chi connectivity index (χ2n) is 4.89. The number of pyridine rings is 1. The van der Waals surface area contributed by atoms with E-state index in [1.807, 2.05) is 13.2 Å². The number of rotatable bonds is 4. The fraction of sp³-hybridized carbons (Fsp3) is 0.267. The lowest BCUT2D eigenvalue weighted by Crippen LogP contribution is -2.23. The van der Waals surface area contributed by atoms with Gasteiger partial charge in [-0.25, -0.2) is 24.3 Å². The van der Waals surface area contributed by atoms with E-state index in [9.17, 15) is 9.59 Å². The molecule has 0 bridgehead atoms. The Labute approximate surface area is 141 Å². The highest BCUT2D eigenvalue weighted by Gasteiger charge is 2.18. The molecule has 0 spiro atoms. The van der Waals surface area contributed by atoms with Gasteiger partial charge < -0.3 is 5.32 Å². The zero-order chi connectivity index (χ0) is 17.3. The lowest BCUT2D eigenvalue weighted by Gasteiger charge is -2.10. The molecule has 124 valence electrons. The molecule has 0 saturated heterocycles. The SMILES string of the molecule is CCn1c(=O)c2cnc(SC)nc2n1-c1cccc(C(=O)NC)n1. The van der Waals surface area contributed by atoms with Crippen LogP contribution < -0.4 is 10.9 Å². The molecule has 9 heteroatoms. The highest BCUT2D eigenvalue weighted by molar-refractivity contribution is 7.98. The smallest absolute Gasteiger partial charge is 0.278 e. The molecule has 0 aliphatic heterocycles. The Kier molecular flexibility index (Phi) is 4.34. The van der Waals surface area contributed by atoms with Crippen LogP contribution in [0.25, 0.3) is 16.9 Å². The first kappa shape index (κ1) is 16.2. The molecule has 0 radical (unpaired) electrons. The quantitative estimate of drug-likeness (QED) is 0.562. The average molecular weight is 344 g/mol. The van der Waals surface area contributed by atoms with Gasteiger partial charge in [-0.05, 0) is 25.3 Å². The Bertz CT molecular complexity index is 978. The van der Waals surface area contributed by atoms with Gasteiger partial charge in [0.25, 0.3) is 11.5 Å². The Morgan fingerprint density at radius 2 is 2.12 bits per heavy atom. The van der Waals surface area contributed by atoms with Gasteiger partial charge in [0.2, 0.25) is 0 Å². The monoisotopic (exact) mass is 344 g/mol. The zero-order valence-electron chi connectivity index (χ0n) is 13.5. The van der Waals surface area contributed by atoms with E-state index >= 15 is 0 Å². The number of nitrogens with zero attached hydrogens (tertiary/aromatic N) is 5. The van der Waals surface area contributed by atoms with E-state index in [1.165, 1.54) is 22.6 Å². The van der Waals surface area contributed by atoms with Crippen molar-refractivity contribution in [1.29, 1.82) is 0 Å². The van der Waals surface area contributed by atoms with Gasteiger partial charge in [-0.2, -0.15) is 0 Å². The highest BCUT2D eigenvalue weighted by Crippen LogP contribution is 2.17. The first-order chi connectivity index (χ1) is 11.6. The van der Waals surface area contributed by atoms with E-state index < -0.39 is 0 Å². The summed E-state index contributed by atoms with van der Waals surface area (Å²) in [5, 5.41) is 3.52. The molecule has 3 heterocycles. The van der Waals surface area contributed by atoms with Crippen LogP contribution in [0.5, 0.6) is 0 Å². The fourth-order valence-corrected chi connectivity index (χ4v) is 2.76. The molecule has 0 aliphatic rings. The summed E-state index contributed by atoms with van der Waals surface area (Å²) in [5.41, 5.74) is 0.557. The van der Waals surface area contributed by atoms with Gasteiger partial charge in [0, 0.05) is 19.8 Å². The van der Waals surface area contributed by atoms with Gasteiger partial charge in [-0.1, -0.05) is 17.8 Å². The maximum Gasteiger partial charge on any atom is 0.278 e. The Hall–Kier alpha value is -2.68. The van der Waals surface area contributed by atoms with Gasteiger partial charge in [-0.3, -0.25) is 9.59 Å². The van der Waals surface area contributed by atoms with E-state index in [4.69, 9.17) is 0 Å². The third kappa shape index (κ3) is 2.56. The number of nitrogens with one attached hydrogen (secondary N) is 1. The molecular weight excluding hydrogens is 328 g/mol. The van der Waals surface area contributed by atoms with E-state index in [0.717, 1.165) is 0 Å². The molecule has 3 aromatic rings. The van der Waals surface area contributed by atoms with Crippen LogP contribution in [0, 0.1) is 0 Å². The number of carbonyl (C=O) groups is 1. The first-order valence-electron chi connectivity index (χ1n) is 7.32. The van der Waals surface area contributed by atoms with Crippen LogP contribution in [0.15, 0.2) is 34.3 Å². The standard InChI is InChI=1S/C15H16N6O2S/c1-4-20-14(23)9-8-17-15(24-3)19-12(9)21(20)11-7-5-6-10(18-11)13(22)16-2/h5-8H,4H2,1-3H3,(H,16,22). The topological polar surface area (TPSA) is 94.7 Å². The fourth-order valence-electron chi connectivity index (χ4n) is 2.43. The predicted molar refractivity (Wildman–Crippen MR) is 91.8 cm³/mol. The summed E-state index contributed by atoms with van der Waals surface area (Å²) in [5.74, 6) is 0.161. The number of aromatic nitrogens is 5. The van der Waals surface area contributed by atoms with Gasteiger partial charge in [0.05, 0.1) is 0 Å². The predicted octanol–water partition coefficient (Wildman–Crippen LogP) is 1.08. The summed E-state index contributed by atoms with van der Waals surface area (Å²) in [6, 6.07) is 5.07. The molecule has 0 fully saturated rings. The van der Waals surface area contributed by atoms with Crippen LogP contribution in [-0.4, -0.2) is 43.5 Å². The Morgan fingerprint density at radius 3 is 2.79 bits per heavy atom. The second-order valence-corrected chi connectivity index (χ2v) is 5.66. The summed E-state index contributed by atoms with van der Waals surface area (Å²) in [6.07, 6.45) is 3.40. The number of carbonyl (C=O) groups excluding carboxylic acids is 1. The van der Waals surface area contributed by atoms with Crippen LogP contribution in [0.4, 0.5) is 0 Å². The zero-order valence-corrected chi connectivity index (χ0v) is 14.3. The van der Waals surface area contributed by atoms with Crippen molar-refractivity contribution >= 4 is 28.7 Å². The highest BCUT2D eigenvalue weighted by atomic mass is 32.2. The van der Waals surface area contributed by atoms with E-state index in [1.54, 1.807) is 29.9 Å². The minimum absolute atomic E-state index is 0.188. The lowest BCUT2D eigenvalue weighted by molar-refractivity contribution is 0.0958. The number of hydrogen-bond donors (Lipinski definition) is 1. The molecule has 0 aliphatic carbocycles. The molecule has 0 saturated carbocycles. The summed E-state index contributed by atoms with van der Waals surface area (Å²) in [7, 11) is 1.54. The average Bonchev–Trinajstić information content (AvgIpc) is 2.92. The van der Waals surface area contributed by atoms with Gasteiger partial charge in [-0.15, -0.1) is 0 Å². The van der Waals surface area contributed by atoms with Gasteiger partial charge >= 0.3 is 0 Å². The molecule has 0 atom stereocenters. The second kappa shape index (κ2) is 6.44. The van der Waals surface area contributed by atoms with Crippen LogP contribution in [-0.2, 0) is 6.54 Å². The van der Waals surface area contributed by atoms with E-state index in [0.29, 0.717) is 28.6 Å². The molecule has 0 unspecified atom stereocenters. The molecule has 1 N–H and O–H groups in total. The Balaban J connectivity index is 2.32. The van der Waals surface area contributed by atoms with Crippen LogP contribution >= 0.6 is 11.8 Å². The van der Waals surface area contributed by atoms with E-state index in [2.05, 4.69) is 20.3 Å². The molecule has 24 heavy (non-hydrogen) atoms. The van der Waals surface area contributed by atoms with Crippen molar-refractivity contribution in [3.8, 4) is 5.82 Å². The summed E-state index contributed by atoms with van der Waals surface area (Å²) in [4.78, 5) is 37.4. The normalized spacial score (nSPS) is 11.0. The van der Waals surface area contributed by atoms with Crippen LogP contribution in [0.1, 0.15) is 17.4 Å². The molecule has 3 rings (SSSR count). The van der Waals surface area contributed by atoms with E-state index in [-0.39, 0.29) is 17.2 Å². The maximum atomic E-state index is 12.6. The van der Waals surface area contributed by atoms with Crippen LogP contribution in [0.3, 0.4) is 0 Å². The molecular formula is C15H16N6O2S. The minimum atomic E-state index is -0.293. The van der Waals surface area contributed by atoms with Crippen molar-refractivity contribution in [3.63, 3.8) is 0 Å². The third-order valence-electron chi connectivity index (χ3n) is 3.55. The van der Waals surface area contributed by atoms with Gasteiger partial charge in [0.1, 0.15) is 11.1 Å². The number of thioether (sulfide) groups is 1. The summed E-state index contributed by atoms with van der Waals surface area (Å²) >= 11 is 1.39. The molecule has 8 nitrogen and oxygen atoms in total. The van der Waals surface area contributed by atoms with Crippen molar-refractivity contribution in [2.45, 2.75) is 18.6 Å². The van der Waals surface area contributed by atoms with Crippen molar-refractivity contribution < 1.29 is 4.79 Å². The number of fused-ring (bicyclic) bond motifs is 1. The largest absolute Gasteiger partial charge is 0.354 e. The molecule has 0 aromatic carbocycles. The van der Waals surface area contributed by atoms with Crippen molar-refractivity contribution in [3.05, 3.63) is 40.4 Å². The third-order valence-corrected chi connectivity index (χ3v) is 4.11. The molecule has 3 aromatic heterocycles. The lowest BCUT2D eigenvalue weighted by atomic mass is 10.3. The molecule has 1 amide bonds. The first-order valence-corrected chi connectivity index (χ1v) is 8.55. The number of amides is 1. The van der Waals surface area contributed by atoms with Gasteiger partial charge in [0.15, 0.2) is 16.6 Å². The summed E-state index contributed by atoms with van der Waals surface area (Å²) < 4.78 is 3.16. The van der Waals surface area contributed by atoms with Crippen LogP contribution in [0.2, 0.25) is 0 Å². The van der Waals surface area contributed by atoms with Crippen molar-refractivity contribution in [1.82, 2.24) is 29.6 Å². The minimum Gasteiger partial charge on any atom is -0.354 e. The summed E-state index contributed by atoms with van der Waals surface area (Å²) in [6.45, 7) is 2.30. The van der Waals surface area contributed by atoms with Crippen molar-refractivity contribution in [2.75, 3.05) is 13.3 Å². The van der Waals surface area contributed by atoms with Crippen molar-refractivity contribution in [2.24, 2.45) is 0 Å². The number of hydrogen-bond acceptors (Lipinski definition) is 6.